The fourth-order valence-electron chi connectivity index (χ4n) is 14.2. The van der Waals surface area contributed by atoms with E-state index in [0.29, 0.717) is 81.2 Å². The van der Waals surface area contributed by atoms with Crippen LogP contribution in [0.25, 0.3) is 122 Å². The number of rotatable bonds is 16. The number of unbranched alkanes of at least 4 members (excludes halogenated alkanes) is 6. The van der Waals surface area contributed by atoms with E-state index in [4.69, 9.17) is 51.4 Å². The van der Waals surface area contributed by atoms with E-state index in [1.807, 2.05) is 158 Å². The first-order valence-corrected chi connectivity index (χ1v) is 32.2. The van der Waals surface area contributed by atoms with Crippen molar-refractivity contribution in [2.75, 3.05) is 0 Å². The number of nitrogens with one attached hydrogen (secondary N) is 3. The van der Waals surface area contributed by atoms with Crippen LogP contribution in [0.5, 0.6) is 0 Å². The summed E-state index contributed by atoms with van der Waals surface area (Å²) in [6.45, 7) is 4.39. The number of nitrogens with zero attached hydrogens (tertiary/aromatic N) is 3. The summed E-state index contributed by atoms with van der Waals surface area (Å²) in [6, 6.07) is 45.9. The van der Waals surface area contributed by atoms with E-state index in [0.717, 1.165) is 152 Å². The average molecular weight is 1250 g/mol. The van der Waals surface area contributed by atoms with Crippen LogP contribution in [0.3, 0.4) is 0 Å². The van der Waals surface area contributed by atoms with Gasteiger partial charge in [-0.1, -0.05) is 172 Å². The summed E-state index contributed by atoms with van der Waals surface area (Å²) in [5.74, 6) is -1.27. The topological polar surface area (TPSA) is 135 Å². The number of H-pyrrole nitrogens is 3. The Morgan fingerprint density at radius 2 is 0.787 bits per heavy atom. The molecule has 15 rings (SSSR count). The van der Waals surface area contributed by atoms with Crippen molar-refractivity contribution in [2.24, 2.45) is 0 Å². The van der Waals surface area contributed by atoms with Gasteiger partial charge in [0.05, 0.1) is 49.1 Å². The van der Waals surface area contributed by atoms with Crippen LogP contribution in [0.2, 0.25) is 20.1 Å². The Labute approximate surface area is 532 Å². The maximum Gasteiger partial charge on any atom is 0.261 e. The predicted octanol–water partition coefficient (Wildman–Crippen LogP) is 21.1. The van der Waals surface area contributed by atoms with E-state index >= 15 is 0 Å². The van der Waals surface area contributed by atoms with Gasteiger partial charge in [0.15, 0.2) is 0 Å². The Bertz CT molecular complexity index is 4980. The maximum atomic E-state index is 15.0. The Balaban J connectivity index is 0.808. The minimum Gasteiger partial charge on any atom is -0.354 e. The molecule has 3 N–H and O–H groups in total. The van der Waals surface area contributed by atoms with Gasteiger partial charge in [-0.2, -0.15) is 0 Å². The Morgan fingerprint density at radius 3 is 1.25 bits per heavy atom. The lowest BCUT2D eigenvalue weighted by molar-refractivity contribution is 0.0514. The number of aromatic amines is 3. The molecule has 7 heterocycles. The molecule has 440 valence electrons. The van der Waals surface area contributed by atoms with Crippen molar-refractivity contribution in [1.82, 2.24) is 29.7 Å². The summed E-state index contributed by atoms with van der Waals surface area (Å²) < 4.78 is 0. The molecule has 0 saturated carbocycles. The Morgan fingerprint density at radius 1 is 0.393 bits per heavy atom. The molecular weight excluding hydrogens is 1190 g/mol. The number of aromatic nitrogens is 4. The van der Waals surface area contributed by atoms with E-state index in [2.05, 4.69) is 28.8 Å². The standard InChI is InChI=1S/C75H58Cl4N6O4/c1-3-5-7-9-13-42(14-10-8-6-4-2)85-74(88)49-29-25-45-43-23-27-47-66-48(28-24-44(64(43)66)46-26-30-50(75(85)89)67(49)65(45)46)73(87)84(72(47)86)39-40-19-21-41(22-20-40)63-57-35-37-61(82-57)70(68-51(76)15-11-16-52(68)77)59-33-31-55(80-59)56-32-34-60(81-56)71(62-38-36-58(63)83-62)69-53(78)17-12-18-54(69)79/h11-12,15-38,42,80-82H,3-10,13-14,39H2,1-2H3. The van der Waals surface area contributed by atoms with Crippen LogP contribution >= 0.6 is 46.4 Å². The SMILES string of the molecule is CCCCCCC(CCCCCC)N1C(=O)c2ccc3c4ccc5c6c(ccc(c7ccc(c2c37)C1=O)c64)C(=O)N(Cc1ccc(-c2c3nc(c(-c4c(Cl)cccc4Cl)c4ccc([nH]4)c4ccc([nH]4)c(-c4c(Cl)cccc4Cl)c4ccc2[nH]4)C=C3)cc1)C5=O. The number of carbonyl (C=O) groups is 4. The molecule has 0 radical (unpaired) electrons. The summed E-state index contributed by atoms with van der Waals surface area (Å²) in [4.78, 5) is 78.7. The lowest BCUT2D eigenvalue weighted by atomic mass is 9.82. The largest absolute Gasteiger partial charge is 0.354 e. The van der Waals surface area contributed by atoms with Crippen LogP contribution in [0.1, 0.15) is 136 Å². The van der Waals surface area contributed by atoms with Gasteiger partial charge in [-0.3, -0.25) is 29.0 Å². The van der Waals surface area contributed by atoms with Gasteiger partial charge in [-0.15, -0.1) is 0 Å². The van der Waals surface area contributed by atoms with Gasteiger partial charge in [0.2, 0.25) is 0 Å². The second kappa shape index (κ2) is 22.7. The molecule has 4 amide bonds. The molecule has 89 heavy (non-hydrogen) atoms. The highest BCUT2D eigenvalue weighted by Crippen LogP contribution is 2.48. The van der Waals surface area contributed by atoms with Gasteiger partial charge < -0.3 is 15.0 Å². The van der Waals surface area contributed by atoms with Gasteiger partial charge in [0.25, 0.3) is 23.6 Å². The Hall–Kier alpha value is -8.77. The molecule has 0 atom stereocenters. The molecular formula is C75H58Cl4N6O4. The third-order valence-corrected chi connectivity index (χ3v) is 19.7. The van der Waals surface area contributed by atoms with E-state index in [9.17, 15) is 19.2 Å². The molecule has 0 aliphatic carbocycles. The van der Waals surface area contributed by atoms with Gasteiger partial charge in [0.1, 0.15) is 0 Å². The molecule has 14 heteroatoms. The number of benzene rings is 8. The second-order valence-corrected chi connectivity index (χ2v) is 25.4. The van der Waals surface area contributed by atoms with Crippen LogP contribution in [-0.4, -0.2) is 59.4 Å². The zero-order chi connectivity index (χ0) is 60.9. The molecule has 8 bridgehead atoms. The fraction of sp³-hybridized carbons (Fsp3) is 0.187. The van der Waals surface area contributed by atoms with Gasteiger partial charge >= 0.3 is 0 Å². The lowest BCUT2D eigenvalue weighted by Crippen LogP contribution is -2.47. The highest BCUT2D eigenvalue weighted by atomic mass is 35.5. The van der Waals surface area contributed by atoms with Crippen molar-refractivity contribution in [3.8, 4) is 33.4 Å². The number of halogens is 4. The number of fused-ring (bicyclic) bond motifs is 11. The van der Waals surface area contributed by atoms with Crippen LogP contribution in [-0.2, 0) is 6.54 Å². The maximum absolute atomic E-state index is 15.0. The van der Waals surface area contributed by atoms with Gasteiger partial charge in [0, 0.05) is 89.0 Å². The van der Waals surface area contributed by atoms with E-state index < -0.39 is 11.8 Å². The first kappa shape index (κ1) is 56.7. The van der Waals surface area contributed by atoms with Crippen molar-refractivity contribution < 1.29 is 19.2 Å². The van der Waals surface area contributed by atoms with Crippen molar-refractivity contribution >= 4 is 158 Å². The molecule has 0 spiro atoms. The van der Waals surface area contributed by atoms with Crippen molar-refractivity contribution in [1.29, 1.82) is 0 Å². The fourth-order valence-corrected chi connectivity index (χ4v) is 15.4. The average Bonchev–Trinajstić information content (AvgIpc) is 1.21. The molecule has 0 fully saturated rings. The first-order valence-electron chi connectivity index (χ1n) is 30.7. The first-order chi connectivity index (χ1) is 43.4. The highest BCUT2D eigenvalue weighted by Gasteiger charge is 2.39. The lowest BCUT2D eigenvalue weighted by Gasteiger charge is -2.35. The Kier molecular flexibility index (Phi) is 14.5. The molecule has 3 aliphatic heterocycles. The van der Waals surface area contributed by atoms with Crippen LogP contribution in [0, 0.1) is 0 Å². The minimum absolute atomic E-state index is 0.0122. The highest BCUT2D eigenvalue weighted by molar-refractivity contribution is 6.43. The summed E-state index contributed by atoms with van der Waals surface area (Å²) in [6.07, 6.45) is 14.1. The molecule has 4 aromatic heterocycles. The van der Waals surface area contributed by atoms with E-state index in [1.165, 1.54) is 4.90 Å². The van der Waals surface area contributed by atoms with Crippen LogP contribution < -0.4 is 0 Å². The minimum atomic E-state index is -0.398. The summed E-state index contributed by atoms with van der Waals surface area (Å²) in [5.41, 5.74) is 13.0. The van der Waals surface area contributed by atoms with Crippen molar-refractivity contribution in [2.45, 2.75) is 90.6 Å². The molecule has 0 unspecified atom stereocenters. The van der Waals surface area contributed by atoms with Crippen molar-refractivity contribution in [3.63, 3.8) is 0 Å². The van der Waals surface area contributed by atoms with Crippen LogP contribution in [0.15, 0.2) is 146 Å². The summed E-state index contributed by atoms with van der Waals surface area (Å²) in [5, 5.41) is 8.23. The number of carbonyl (C=O) groups excluding carboxylic acids is 4. The second-order valence-electron chi connectivity index (χ2n) is 23.8. The van der Waals surface area contributed by atoms with E-state index in [-0.39, 0.29) is 24.4 Å². The van der Waals surface area contributed by atoms with Gasteiger partial charge in [-0.05, 0) is 153 Å². The molecule has 3 aliphatic rings. The summed E-state index contributed by atoms with van der Waals surface area (Å²) >= 11 is 28.1. The number of hydrogen-bond donors (Lipinski definition) is 3. The quantitative estimate of drug-likeness (QED) is 0.0383. The predicted molar refractivity (Wildman–Crippen MR) is 365 cm³/mol. The number of imide groups is 2. The molecule has 0 saturated heterocycles. The third-order valence-electron chi connectivity index (χ3n) is 18.5. The monoisotopic (exact) mass is 1250 g/mol. The molecule has 8 aromatic carbocycles. The van der Waals surface area contributed by atoms with Gasteiger partial charge in [-0.25, -0.2) is 4.98 Å². The van der Waals surface area contributed by atoms with Crippen LogP contribution in [0.4, 0.5) is 0 Å². The zero-order valence-electron chi connectivity index (χ0n) is 48.9. The third kappa shape index (κ3) is 9.32. The molecule has 12 aromatic rings. The normalized spacial score (nSPS) is 13.7. The van der Waals surface area contributed by atoms with E-state index in [1.54, 1.807) is 4.90 Å². The molecule has 10 nitrogen and oxygen atoms in total. The number of hydrogen-bond acceptors (Lipinski definition) is 5. The zero-order valence-corrected chi connectivity index (χ0v) is 51.9. The smallest absolute Gasteiger partial charge is 0.261 e. The van der Waals surface area contributed by atoms with Crippen molar-refractivity contribution in [3.05, 3.63) is 205 Å². The number of amides is 4. The summed E-state index contributed by atoms with van der Waals surface area (Å²) in [7, 11) is 0.